The first-order valence-corrected chi connectivity index (χ1v) is 12.2. The first-order chi connectivity index (χ1) is 12.9. The highest BCUT2D eigenvalue weighted by molar-refractivity contribution is 7.90. The van der Waals surface area contributed by atoms with Crippen molar-refractivity contribution < 1.29 is 26.3 Å². The fraction of sp³-hybridized carbons (Fsp3) is 0.647. The number of ether oxygens (including phenoxy) is 2. The molecule has 1 aromatic carbocycles. The minimum Gasteiger partial charge on any atom is -0.486 e. The quantitative estimate of drug-likeness (QED) is 0.741. The van der Waals surface area contributed by atoms with Gasteiger partial charge in [0.1, 0.15) is 13.2 Å². The molecule has 10 heteroatoms. The highest BCUT2D eigenvalue weighted by Crippen LogP contribution is 2.34. The third-order valence-electron chi connectivity index (χ3n) is 5.26. The zero-order chi connectivity index (χ0) is 19.1. The van der Waals surface area contributed by atoms with Crippen LogP contribution in [0.1, 0.15) is 25.7 Å². The van der Waals surface area contributed by atoms with Crippen molar-refractivity contribution in [3.05, 3.63) is 18.2 Å². The monoisotopic (exact) mass is 416 g/mol. The van der Waals surface area contributed by atoms with E-state index in [1.165, 1.54) is 12.1 Å². The van der Waals surface area contributed by atoms with Gasteiger partial charge in [0.15, 0.2) is 11.5 Å². The van der Waals surface area contributed by atoms with Crippen LogP contribution in [-0.2, 0) is 20.0 Å². The van der Waals surface area contributed by atoms with Gasteiger partial charge in [-0.1, -0.05) is 0 Å². The Labute approximate surface area is 159 Å². The second kappa shape index (κ2) is 7.23. The molecule has 1 aromatic rings. The number of nitrogens with zero attached hydrogens (tertiary/aromatic N) is 1. The summed E-state index contributed by atoms with van der Waals surface area (Å²) in [4.78, 5) is 0.139. The Kier molecular flexibility index (Phi) is 5.08. The largest absolute Gasteiger partial charge is 0.486 e. The van der Waals surface area contributed by atoms with E-state index in [-0.39, 0.29) is 16.1 Å². The number of fused-ring (bicyclic) bond motifs is 1. The van der Waals surface area contributed by atoms with E-state index in [0.717, 1.165) is 12.8 Å². The molecule has 3 aliphatic rings. The van der Waals surface area contributed by atoms with Crippen LogP contribution in [-0.4, -0.2) is 59.2 Å². The van der Waals surface area contributed by atoms with Crippen molar-refractivity contribution in [2.45, 2.75) is 35.8 Å². The number of piperidine rings is 1. The predicted molar refractivity (Wildman–Crippen MR) is 98.9 cm³/mol. The third kappa shape index (κ3) is 4.08. The Balaban J connectivity index is 1.33. The van der Waals surface area contributed by atoms with E-state index in [1.54, 1.807) is 10.4 Å². The zero-order valence-corrected chi connectivity index (χ0v) is 16.6. The van der Waals surface area contributed by atoms with Crippen LogP contribution >= 0.6 is 0 Å². The lowest BCUT2D eigenvalue weighted by Gasteiger charge is -2.31. The summed E-state index contributed by atoms with van der Waals surface area (Å²) in [6, 6.07) is 4.58. The van der Waals surface area contributed by atoms with Gasteiger partial charge < -0.3 is 9.47 Å². The molecule has 4 rings (SSSR count). The van der Waals surface area contributed by atoms with Crippen molar-refractivity contribution in [1.29, 1.82) is 0 Å². The van der Waals surface area contributed by atoms with Gasteiger partial charge in [0.05, 0.1) is 10.1 Å². The van der Waals surface area contributed by atoms with E-state index in [4.69, 9.17) is 9.47 Å². The standard InChI is InChI=1S/C17H24N2O6S2/c20-26(21,15-3-4-16-17(11-15)25-10-9-24-16)18-12-13-5-7-19(8-6-13)27(22,23)14-1-2-14/h3-4,11,13-14,18H,1-2,5-10,12H2. The molecular weight excluding hydrogens is 392 g/mol. The van der Waals surface area contributed by atoms with Crippen molar-refractivity contribution in [2.24, 2.45) is 5.92 Å². The molecule has 0 spiro atoms. The number of benzene rings is 1. The second-order valence-corrected chi connectivity index (χ2v) is 11.2. The molecule has 0 unspecified atom stereocenters. The average Bonchev–Trinajstić information content (AvgIpc) is 3.52. The molecule has 2 heterocycles. The summed E-state index contributed by atoms with van der Waals surface area (Å²) in [6.45, 7) is 2.08. The van der Waals surface area contributed by atoms with Crippen LogP contribution in [0.3, 0.4) is 0 Å². The minimum absolute atomic E-state index is 0.127. The van der Waals surface area contributed by atoms with Gasteiger partial charge in [-0.3, -0.25) is 0 Å². The molecule has 0 bridgehead atoms. The van der Waals surface area contributed by atoms with Crippen LogP contribution in [0.4, 0.5) is 0 Å². The summed E-state index contributed by atoms with van der Waals surface area (Å²) in [5.41, 5.74) is 0. The molecule has 0 aromatic heterocycles. The van der Waals surface area contributed by atoms with Gasteiger partial charge in [-0.15, -0.1) is 0 Å². The Morgan fingerprint density at radius 1 is 0.963 bits per heavy atom. The topological polar surface area (TPSA) is 102 Å². The molecule has 1 saturated carbocycles. The van der Waals surface area contributed by atoms with Gasteiger partial charge in [0, 0.05) is 25.7 Å². The number of rotatable bonds is 6. The number of hydrogen-bond acceptors (Lipinski definition) is 6. The van der Waals surface area contributed by atoms with Crippen LogP contribution < -0.4 is 14.2 Å². The lowest BCUT2D eigenvalue weighted by molar-refractivity contribution is 0.171. The van der Waals surface area contributed by atoms with E-state index in [0.29, 0.717) is 57.2 Å². The summed E-state index contributed by atoms with van der Waals surface area (Å²) in [5, 5.41) is -0.192. The van der Waals surface area contributed by atoms with Crippen molar-refractivity contribution in [1.82, 2.24) is 9.03 Å². The minimum atomic E-state index is -3.66. The van der Waals surface area contributed by atoms with E-state index in [2.05, 4.69) is 4.72 Å². The van der Waals surface area contributed by atoms with Crippen molar-refractivity contribution in [2.75, 3.05) is 32.8 Å². The van der Waals surface area contributed by atoms with E-state index >= 15 is 0 Å². The average molecular weight is 417 g/mol. The second-order valence-electron chi connectivity index (χ2n) is 7.24. The summed E-state index contributed by atoms with van der Waals surface area (Å²) in [7, 11) is -6.79. The summed E-state index contributed by atoms with van der Waals surface area (Å²) >= 11 is 0. The third-order valence-corrected chi connectivity index (χ3v) is 9.09. The highest BCUT2D eigenvalue weighted by Gasteiger charge is 2.41. The molecule has 27 heavy (non-hydrogen) atoms. The van der Waals surface area contributed by atoms with Crippen LogP contribution in [0, 0.1) is 5.92 Å². The Morgan fingerprint density at radius 2 is 1.63 bits per heavy atom. The molecule has 0 amide bonds. The Hall–Kier alpha value is -1.36. The lowest BCUT2D eigenvalue weighted by atomic mass is 9.99. The van der Waals surface area contributed by atoms with Gasteiger partial charge in [-0.2, -0.15) is 0 Å². The Morgan fingerprint density at radius 3 is 2.30 bits per heavy atom. The van der Waals surface area contributed by atoms with E-state index < -0.39 is 20.0 Å². The highest BCUT2D eigenvalue weighted by atomic mass is 32.2. The summed E-state index contributed by atoms with van der Waals surface area (Å²) in [5.74, 6) is 1.11. The zero-order valence-electron chi connectivity index (χ0n) is 15.0. The predicted octanol–water partition coefficient (Wildman–Crippen LogP) is 0.940. The first kappa shape index (κ1) is 19.0. The SMILES string of the molecule is O=S(=O)(NCC1CCN(S(=O)(=O)C2CC2)CC1)c1ccc2c(c1)OCCO2. The van der Waals surface area contributed by atoms with E-state index in [9.17, 15) is 16.8 Å². The molecule has 2 aliphatic heterocycles. The molecule has 0 radical (unpaired) electrons. The molecule has 150 valence electrons. The molecule has 1 aliphatic carbocycles. The van der Waals surface area contributed by atoms with Gasteiger partial charge in [-0.05, 0) is 43.7 Å². The smallest absolute Gasteiger partial charge is 0.240 e. The van der Waals surface area contributed by atoms with Crippen molar-refractivity contribution in [3.63, 3.8) is 0 Å². The molecule has 2 fully saturated rings. The maximum Gasteiger partial charge on any atom is 0.240 e. The van der Waals surface area contributed by atoms with Gasteiger partial charge >= 0.3 is 0 Å². The fourth-order valence-corrected chi connectivity index (χ4v) is 6.45. The number of hydrogen-bond donors (Lipinski definition) is 1. The maximum atomic E-state index is 12.6. The van der Waals surface area contributed by atoms with Crippen LogP contribution in [0.25, 0.3) is 0 Å². The lowest BCUT2D eigenvalue weighted by Crippen LogP contribution is -2.42. The van der Waals surface area contributed by atoms with Crippen molar-refractivity contribution in [3.8, 4) is 11.5 Å². The van der Waals surface area contributed by atoms with Gasteiger partial charge in [-0.25, -0.2) is 25.9 Å². The molecule has 0 atom stereocenters. The van der Waals surface area contributed by atoms with Crippen LogP contribution in [0.15, 0.2) is 23.1 Å². The number of nitrogens with one attached hydrogen (secondary N) is 1. The molecule has 1 N–H and O–H groups in total. The first-order valence-electron chi connectivity index (χ1n) is 9.24. The number of sulfonamides is 2. The molecular formula is C17H24N2O6S2. The Bertz CT molecular complexity index is 903. The summed E-state index contributed by atoms with van der Waals surface area (Å²) < 4.78 is 64.7. The van der Waals surface area contributed by atoms with Gasteiger partial charge in [0.2, 0.25) is 20.0 Å². The molecule has 8 nitrogen and oxygen atoms in total. The summed E-state index contributed by atoms with van der Waals surface area (Å²) in [6.07, 6.45) is 2.85. The van der Waals surface area contributed by atoms with E-state index in [1.807, 2.05) is 0 Å². The van der Waals surface area contributed by atoms with Gasteiger partial charge in [0.25, 0.3) is 0 Å². The van der Waals surface area contributed by atoms with Crippen molar-refractivity contribution >= 4 is 20.0 Å². The fourth-order valence-electron chi connectivity index (χ4n) is 3.45. The molecule has 1 saturated heterocycles. The maximum absolute atomic E-state index is 12.6. The van der Waals surface area contributed by atoms with Crippen LogP contribution in [0.2, 0.25) is 0 Å². The normalized spacial score (nSPS) is 21.9. The van der Waals surface area contributed by atoms with Crippen LogP contribution in [0.5, 0.6) is 11.5 Å².